The van der Waals surface area contributed by atoms with Crippen LogP contribution in [0.1, 0.15) is 43.8 Å². The van der Waals surface area contributed by atoms with E-state index in [0.29, 0.717) is 12.1 Å². The SMILES string of the molecule is O=C(O)c1cccc(C(c2cccc(C(=O)O)n2)(c2cccc(-c3ccc(F)cc3F)n2)c2cccc(-c3ccc(F)cc3F)n2)n1. The highest BCUT2D eigenvalue weighted by Crippen LogP contribution is 2.43. The van der Waals surface area contributed by atoms with Crippen molar-refractivity contribution in [3.8, 4) is 22.5 Å². The first-order valence-electron chi connectivity index (χ1n) is 13.9. The maximum absolute atomic E-state index is 15.0. The van der Waals surface area contributed by atoms with E-state index in [1.807, 2.05) is 0 Å². The molecule has 232 valence electrons. The van der Waals surface area contributed by atoms with Crippen LogP contribution in [0.15, 0.2) is 109 Å². The average molecular weight is 637 g/mol. The first-order valence-corrected chi connectivity index (χ1v) is 13.9. The van der Waals surface area contributed by atoms with Crippen LogP contribution in [0.25, 0.3) is 22.5 Å². The third kappa shape index (κ3) is 5.68. The second-order valence-corrected chi connectivity index (χ2v) is 10.2. The lowest BCUT2D eigenvalue weighted by atomic mass is 9.73. The molecular weight excluding hydrogens is 616 g/mol. The highest BCUT2D eigenvalue weighted by Gasteiger charge is 2.45. The summed E-state index contributed by atoms with van der Waals surface area (Å²) in [5.41, 5.74) is -2.75. The minimum atomic E-state index is -1.92. The van der Waals surface area contributed by atoms with Crippen molar-refractivity contribution >= 4 is 11.9 Å². The normalized spacial score (nSPS) is 11.3. The fourth-order valence-electron chi connectivity index (χ4n) is 5.29. The predicted molar refractivity (Wildman–Crippen MR) is 161 cm³/mol. The van der Waals surface area contributed by atoms with Gasteiger partial charge in [-0.1, -0.05) is 24.3 Å². The van der Waals surface area contributed by atoms with Gasteiger partial charge in [-0.25, -0.2) is 37.1 Å². The molecule has 2 aromatic carbocycles. The predicted octanol–water partition coefficient (Wildman–Crippen LogP) is 6.94. The van der Waals surface area contributed by atoms with Crippen molar-refractivity contribution in [1.29, 1.82) is 0 Å². The molecule has 0 saturated heterocycles. The van der Waals surface area contributed by atoms with E-state index >= 15 is 8.78 Å². The number of carboxylic acid groups (broad SMARTS) is 2. The first kappa shape index (κ1) is 30.7. The molecule has 6 aromatic rings. The number of hydrogen-bond donors (Lipinski definition) is 2. The number of hydrogen-bond acceptors (Lipinski definition) is 6. The molecule has 6 rings (SSSR count). The lowest BCUT2D eigenvalue weighted by Gasteiger charge is -2.33. The summed E-state index contributed by atoms with van der Waals surface area (Å²) in [6, 6.07) is 23.1. The van der Waals surface area contributed by atoms with Crippen molar-refractivity contribution in [2.45, 2.75) is 5.41 Å². The fraction of sp³-hybridized carbons (Fsp3) is 0.0286. The summed E-state index contributed by atoms with van der Waals surface area (Å²) in [6.45, 7) is 0. The number of benzene rings is 2. The van der Waals surface area contributed by atoms with Gasteiger partial charge in [-0.05, 0) is 72.8 Å². The Morgan fingerprint density at radius 3 is 1.21 bits per heavy atom. The van der Waals surface area contributed by atoms with Crippen LogP contribution in [-0.2, 0) is 5.41 Å². The zero-order chi connectivity index (χ0) is 33.3. The van der Waals surface area contributed by atoms with Crippen molar-refractivity contribution in [1.82, 2.24) is 19.9 Å². The van der Waals surface area contributed by atoms with Crippen molar-refractivity contribution in [2.24, 2.45) is 0 Å². The number of pyridine rings is 4. The molecule has 0 spiro atoms. The molecule has 2 N–H and O–H groups in total. The summed E-state index contributed by atoms with van der Waals surface area (Å²) < 4.78 is 57.6. The molecule has 8 nitrogen and oxygen atoms in total. The fourth-order valence-corrected chi connectivity index (χ4v) is 5.29. The van der Waals surface area contributed by atoms with Crippen molar-refractivity contribution in [3.05, 3.63) is 167 Å². The summed E-state index contributed by atoms with van der Waals surface area (Å²) in [4.78, 5) is 42.4. The molecule has 0 radical (unpaired) electrons. The minimum Gasteiger partial charge on any atom is -0.477 e. The molecule has 0 bridgehead atoms. The van der Waals surface area contributed by atoms with E-state index in [2.05, 4.69) is 9.97 Å². The first-order chi connectivity index (χ1) is 22.6. The molecule has 0 aliphatic rings. The zero-order valence-electron chi connectivity index (χ0n) is 23.9. The summed E-state index contributed by atoms with van der Waals surface area (Å²) in [5, 5.41) is 19.7. The lowest BCUT2D eigenvalue weighted by Crippen LogP contribution is -2.36. The van der Waals surface area contributed by atoms with Gasteiger partial charge >= 0.3 is 11.9 Å². The van der Waals surface area contributed by atoms with Crippen LogP contribution in [0.4, 0.5) is 17.6 Å². The third-order valence-corrected chi connectivity index (χ3v) is 7.39. The Bertz CT molecular complexity index is 2040. The average Bonchev–Trinajstić information content (AvgIpc) is 3.06. The summed E-state index contributed by atoms with van der Waals surface area (Å²) >= 11 is 0. The number of nitrogens with zero attached hydrogens (tertiary/aromatic N) is 4. The molecule has 0 aliphatic carbocycles. The van der Waals surface area contributed by atoms with Crippen LogP contribution in [0, 0.1) is 23.3 Å². The van der Waals surface area contributed by atoms with Gasteiger partial charge in [0.1, 0.15) is 40.1 Å². The van der Waals surface area contributed by atoms with E-state index in [0.717, 1.165) is 12.1 Å². The number of carbonyl (C=O) groups is 2. The number of carboxylic acids is 2. The maximum Gasteiger partial charge on any atom is 0.354 e. The van der Waals surface area contributed by atoms with Crippen molar-refractivity contribution < 1.29 is 37.4 Å². The Balaban J connectivity index is 1.75. The lowest BCUT2D eigenvalue weighted by molar-refractivity contribution is 0.0680. The smallest absolute Gasteiger partial charge is 0.354 e. The van der Waals surface area contributed by atoms with Crippen LogP contribution in [0.5, 0.6) is 0 Å². The van der Waals surface area contributed by atoms with Gasteiger partial charge in [-0.2, -0.15) is 0 Å². The van der Waals surface area contributed by atoms with Crippen LogP contribution in [0.2, 0.25) is 0 Å². The molecule has 0 unspecified atom stereocenters. The molecule has 0 aliphatic heterocycles. The van der Waals surface area contributed by atoms with Crippen LogP contribution in [0.3, 0.4) is 0 Å². The van der Waals surface area contributed by atoms with Crippen LogP contribution in [-0.4, -0.2) is 42.1 Å². The monoisotopic (exact) mass is 636 g/mol. The van der Waals surface area contributed by atoms with E-state index in [9.17, 15) is 28.6 Å². The number of aromatic nitrogens is 4. The largest absolute Gasteiger partial charge is 0.477 e. The summed E-state index contributed by atoms with van der Waals surface area (Å²) in [7, 11) is 0. The Morgan fingerprint density at radius 1 is 0.489 bits per heavy atom. The van der Waals surface area contributed by atoms with Crippen LogP contribution < -0.4 is 0 Å². The third-order valence-electron chi connectivity index (χ3n) is 7.39. The highest BCUT2D eigenvalue weighted by molar-refractivity contribution is 5.86. The standard InChI is InChI=1S/C35H20F4N4O4/c36-19-13-15-21(23(38)17-19)25-5-1-9-29(40-25)35(31-11-3-7-27(42-31)33(44)45,32-12-4-8-28(43-32)34(46)47)30-10-2-6-26(41-30)22-16-14-20(37)18-24(22)39/h1-18H,(H,44,45)(H,46,47). The summed E-state index contributed by atoms with van der Waals surface area (Å²) in [5.74, 6) is -6.20. The Hall–Kier alpha value is -6.30. The van der Waals surface area contributed by atoms with Gasteiger partial charge < -0.3 is 10.2 Å². The van der Waals surface area contributed by atoms with E-state index in [1.165, 1.54) is 84.9 Å². The second-order valence-electron chi connectivity index (χ2n) is 10.2. The van der Waals surface area contributed by atoms with Gasteiger partial charge in [-0.15, -0.1) is 0 Å². The van der Waals surface area contributed by atoms with Gasteiger partial charge in [0, 0.05) is 23.3 Å². The molecule has 4 aromatic heterocycles. The van der Waals surface area contributed by atoms with Crippen molar-refractivity contribution in [3.63, 3.8) is 0 Å². The Morgan fingerprint density at radius 2 is 0.851 bits per heavy atom. The second kappa shape index (κ2) is 12.2. The van der Waals surface area contributed by atoms with Gasteiger partial charge in [0.15, 0.2) is 0 Å². The van der Waals surface area contributed by atoms with Crippen LogP contribution >= 0.6 is 0 Å². The molecule has 4 heterocycles. The van der Waals surface area contributed by atoms with E-state index in [1.54, 1.807) is 0 Å². The Labute approximate surface area is 263 Å². The van der Waals surface area contributed by atoms with Gasteiger partial charge in [0.2, 0.25) is 0 Å². The minimum absolute atomic E-state index is 0.0269. The highest BCUT2D eigenvalue weighted by atomic mass is 19.1. The Kier molecular flexibility index (Phi) is 8.00. The molecule has 0 saturated carbocycles. The van der Waals surface area contributed by atoms with Gasteiger partial charge in [0.05, 0.1) is 34.2 Å². The molecule has 12 heteroatoms. The molecular formula is C35H20F4N4O4. The topological polar surface area (TPSA) is 126 Å². The van der Waals surface area contributed by atoms with Gasteiger partial charge in [0.25, 0.3) is 0 Å². The zero-order valence-corrected chi connectivity index (χ0v) is 23.9. The van der Waals surface area contributed by atoms with E-state index < -0.39 is 40.6 Å². The number of halogens is 4. The van der Waals surface area contributed by atoms with E-state index in [4.69, 9.17) is 9.97 Å². The maximum atomic E-state index is 15.0. The quantitative estimate of drug-likeness (QED) is 0.172. The molecule has 0 atom stereocenters. The van der Waals surface area contributed by atoms with E-state index in [-0.39, 0.29) is 56.7 Å². The molecule has 0 fully saturated rings. The molecule has 0 amide bonds. The van der Waals surface area contributed by atoms with Crippen molar-refractivity contribution in [2.75, 3.05) is 0 Å². The number of aromatic carboxylic acids is 2. The molecule has 47 heavy (non-hydrogen) atoms. The summed E-state index contributed by atoms with van der Waals surface area (Å²) in [6.07, 6.45) is 0. The number of rotatable bonds is 8. The van der Waals surface area contributed by atoms with Gasteiger partial charge in [-0.3, -0.25) is 9.97 Å².